The lowest BCUT2D eigenvalue weighted by Crippen LogP contribution is -2.38. The Hall–Kier alpha value is -1.86. The number of carbonyl (C=O) groups is 1. The number of carbonyl (C=O) groups excluding carboxylic acids is 1. The van der Waals surface area contributed by atoms with Crippen molar-refractivity contribution in [3.8, 4) is 0 Å². The standard InChI is InChI=1S/C15H20N4O2S/c1-11-9-14(18-21-11)17-15(20)16-10-12(13-5-4-8-22-13)19-6-2-3-7-19/h4-5,8-9,12H,2-3,6-7,10H2,1H3,(H2,16,17,18,20). The predicted molar refractivity (Wildman–Crippen MR) is 86.1 cm³/mol. The van der Waals surface area contributed by atoms with Gasteiger partial charge in [-0.2, -0.15) is 0 Å². The van der Waals surface area contributed by atoms with E-state index in [1.165, 1.54) is 17.7 Å². The van der Waals surface area contributed by atoms with Gasteiger partial charge in [0.05, 0.1) is 6.04 Å². The van der Waals surface area contributed by atoms with Crippen LogP contribution in [-0.2, 0) is 0 Å². The van der Waals surface area contributed by atoms with Gasteiger partial charge in [0.2, 0.25) is 0 Å². The fourth-order valence-electron chi connectivity index (χ4n) is 2.72. The topological polar surface area (TPSA) is 70.4 Å². The predicted octanol–water partition coefficient (Wildman–Crippen LogP) is 3.00. The first-order valence-corrected chi connectivity index (χ1v) is 8.36. The number of amides is 2. The van der Waals surface area contributed by atoms with E-state index in [-0.39, 0.29) is 12.1 Å². The second-order valence-corrected chi connectivity index (χ2v) is 6.41. The molecule has 1 unspecified atom stereocenters. The third kappa shape index (κ3) is 3.66. The zero-order chi connectivity index (χ0) is 15.4. The minimum atomic E-state index is -0.256. The zero-order valence-electron chi connectivity index (χ0n) is 12.5. The van der Waals surface area contributed by atoms with E-state index in [1.54, 1.807) is 24.3 Å². The van der Waals surface area contributed by atoms with Crippen LogP contribution >= 0.6 is 11.3 Å². The summed E-state index contributed by atoms with van der Waals surface area (Å²) in [6.45, 7) is 4.56. The van der Waals surface area contributed by atoms with Gasteiger partial charge in [-0.05, 0) is 44.3 Å². The van der Waals surface area contributed by atoms with Crippen LogP contribution in [0, 0.1) is 6.92 Å². The molecule has 1 fully saturated rings. The van der Waals surface area contributed by atoms with Crippen LogP contribution < -0.4 is 10.6 Å². The van der Waals surface area contributed by atoms with Crippen molar-refractivity contribution in [3.63, 3.8) is 0 Å². The molecule has 1 aliphatic rings. The molecule has 2 aromatic rings. The Balaban J connectivity index is 1.57. The number of likely N-dealkylation sites (tertiary alicyclic amines) is 1. The quantitative estimate of drug-likeness (QED) is 0.888. The first-order chi connectivity index (χ1) is 10.7. The third-order valence-corrected chi connectivity index (χ3v) is 4.75. The average Bonchev–Trinajstić information content (AvgIpc) is 3.22. The van der Waals surface area contributed by atoms with E-state index in [0.29, 0.717) is 18.1 Å². The molecule has 0 radical (unpaired) electrons. The van der Waals surface area contributed by atoms with Crippen LogP contribution in [0.5, 0.6) is 0 Å². The number of aryl methyl sites for hydroxylation is 1. The largest absolute Gasteiger partial charge is 0.360 e. The van der Waals surface area contributed by atoms with Crippen LogP contribution in [0.4, 0.5) is 10.6 Å². The van der Waals surface area contributed by atoms with E-state index in [9.17, 15) is 4.79 Å². The highest BCUT2D eigenvalue weighted by Crippen LogP contribution is 2.27. The van der Waals surface area contributed by atoms with E-state index in [2.05, 4.69) is 38.2 Å². The van der Waals surface area contributed by atoms with E-state index < -0.39 is 0 Å². The van der Waals surface area contributed by atoms with Gasteiger partial charge in [-0.3, -0.25) is 10.2 Å². The molecular formula is C15H20N4O2S. The summed E-state index contributed by atoms with van der Waals surface area (Å²) in [6.07, 6.45) is 2.46. The first-order valence-electron chi connectivity index (χ1n) is 7.48. The highest BCUT2D eigenvalue weighted by Gasteiger charge is 2.24. The van der Waals surface area contributed by atoms with Crippen LogP contribution in [0.2, 0.25) is 0 Å². The number of thiophene rings is 1. The van der Waals surface area contributed by atoms with E-state index >= 15 is 0 Å². The van der Waals surface area contributed by atoms with Gasteiger partial charge >= 0.3 is 6.03 Å². The summed E-state index contributed by atoms with van der Waals surface area (Å²) in [7, 11) is 0. The molecule has 0 aromatic carbocycles. The van der Waals surface area contributed by atoms with Gasteiger partial charge in [-0.15, -0.1) is 11.3 Å². The highest BCUT2D eigenvalue weighted by atomic mass is 32.1. The Morgan fingerprint density at radius 1 is 1.50 bits per heavy atom. The number of nitrogens with one attached hydrogen (secondary N) is 2. The lowest BCUT2D eigenvalue weighted by Gasteiger charge is -2.26. The summed E-state index contributed by atoms with van der Waals surface area (Å²) in [4.78, 5) is 15.7. The van der Waals surface area contributed by atoms with Crippen LogP contribution in [0.3, 0.4) is 0 Å². The summed E-state index contributed by atoms with van der Waals surface area (Å²) < 4.78 is 4.93. The Morgan fingerprint density at radius 2 is 2.32 bits per heavy atom. The molecule has 2 amide bonds. The van der Waals surface area contributed by atoms with Crippen molar-refractivity contribution in [2.75, 3.05) is 25.0 Å². The molecular weight excluding hydrogens is 300 g/mol. The lowest BCUT2D eigenvalue weighted by atomic mass is 10.2. The number of hydrogen-bond donors (Lipinski definition) is 2. The van der Waals surface area contributed by atoms with Crippen molar-refractivity contribution in [1.82, 2.24) is 15.4 Å². The summed E-state index contributed by atoms with van der Waals surface area (Å²) in [5.41, 5.74) is 0. The van der Waals surface area contributed by atoms with E-state index in [0.717, 1.165) is 13.1 Å². The third-order valence-electron chi connectivity index (χ3n) is 3.78. The van der Waals surface area contributed by atoms with Crippen LogP contribution in [0.1, 0.15) is 29.5 Å². The minimum Gasteiger partial charge on any atom is -0.360 e. The Bertz CT molecular complexity index is 605. The molecule has 1 aliphatic heterocycles. The number of aromatic nitrogens is 1. The minimum absolute atomic E-state index is 0.243. The summed E-state index contributed by atoms with van der Waals surface area (Å²) in [5, 5.41) is 11.5. The molecule has 2 aromatic heterocycles. The van der Waals surface area contributed by atoms with Gasteiger partial charge < -0.3 is 9.84 Å². The second kappa shape index (κ2) is 6.93. The molecule has 0 aliphatic carbocycles. The summed E-state index contributed by atoms with van der Waals surface area (Å²) in [6, 6.07) is 5.87. The maximum absolute atomic E-state index is 12.0. The maximum atomic E-state index is 12.0. The van der Waals surface area contributed by atoms with Crippen molar-refractivity contribution in [2.24, 2.45) is 0 Å². The number of urea groups is 1. The van der Waals surface area contributed by atoms with E-state index in [4.69, 9.17) is 4.52 Å². The molecule has 3 heterocycles. The number of anilines is 1. The normalized spacial score (nSPS) is 16.6. The molecule has 3 rings (SSSR count). The van der Waals surface area contributed by atoms with Crippen molar-refractivity contribution in [2.45, 2.75) is 25.8 Å². The maximum Gasteiger partial charge on any atom is 0.320 e. The number of nitrogens with zero attached hydrogens (tertiary/aromatic N) is 2. The monoisotopic (exact) mass is 320 g/mol. The van der Waals surface area contributed by atoms with Crippen LogP contribution in [0.25, 0.3) is 0 Å². The van der Waals surface area contributed by atoms with Crippen molar-refractivity contribution >= 4 is 23.2 Å². The van der Waals surface area contributed by atoms with Gasteiger partial charge in [-0.25, -0.2) is 4.79 Å². The molecule has 1 atom stereocenters. The molecule has 1 saturated heterocycles. The average molecular weight is 320 g/mol. The van der Waals surface area contributed by atoms with Crippen molar-refractivity contribution in [1.29, 1.82) is 0 Å². The van der Waals surface area contributed by atoms with Gasteiger partial charge in [-0.1, -0.05) is 11.2 Å². The molecule has 22 heavy (non-hydrogen) atoms. The fraction of sp³-hybridized carbons (Fsp3) is 0.467. The smallest absolute Gasteiger partial charge is 0.320 e. The number of hydrogen-bond acceptors (Lipinski definition) is 5. The second-order valence-electron chi connectivity index (χ2n) is 5.43. The van der Waals surface area contributed by atoms with Gasteiger partial charge in [0.25, 0.3) is 0 Å². The molecule has 7 heteroatoms. The Morgan fingerprint density at radius 3 is 2.95 bits per heavy atom. The fourth-order valence-corrected chi connectivity index (χ4v) is 3.58. The molecule has 0 saturated carbocycles. The molecule has 118 valence electrons. The molecule has 6 nitrogen and oxygen atoms in total. The zero-order valence-corrected chi connectivity index (χ0v) is 13.4. The number of rotatable bonds is 5. The SMILES string of the molecule is Cc1cc(NC(=O)NCC(c2cccs2)N2CCCC2)no1. The molecule has 0 spiro atoms. The van der Waals surface area contributed by atoms with Crippen molar-refractivity contribution in [3.05, 3.63) is 34.2 Å². The van der Waals surface area contributed by atoms with Gasteiger partial charge in [0, 0.05) is 17.5 Å². The molecule has 0 bridgehead atoms. The highest BCUT2D eigenvalue weighted by molar-refractivity contribution is 7.10. The summed E-state index contributed by atoms with van der Waals surface area (Å²) in [5.74, 6) is 1.10. The Kier molecular flexibility index (Phi) is 4.74. The first kappa shape index (κ1) is 15.1. The van der Waals surface area contributed by atoms with Crippen molar-refractivity contribution < 1.29 is 9.32 Å². The van der Waals surface area contributed by atoms with E-state index in [1.807, 2.05) is 0 Å². The van der Waals surface area contributed by atoms with Crippen LogP contribution in [0.15, 0.2) is 28.1 Å². The van der Waals surface area contributed by atoms with Crippen LogP contribution in [-0.4, -0.2) is 35.7 Å². The Labute approximate surface area is 133 Å². The lowest BCUT2D eigenvalue weighted by molar-refractivity contribution is 0.229. The van der Waals surface area contributed by atoms with Gasteiger partial charge in [0.15, 0.2) is 5.82 Å². The summed E-state index contributed by atoms with van der Waals surface area (Å²) >= 11 is 1.74. The molecule has 2 N–H and O–H groups in total. The van der Waals surface area contributed by atoms with Gasteiger partial charge in [0.1, 0.15) is 5.76 Å².